The van der Waals surface area contributed by atoms with Gasteiger partial charge in [0, 0.05) is 25.2 Å². The summed E-state index contributed by atoms with van der Waals surface area (Å²) in [5.74, 6) is 0.0882. The first-order valence-electron chi connectivity index (χ1n) is 8.45. The molecular weight excluding hydrogens is 341 g/mol. The predicted octanol–water partition coefficient (Wildman–Crippen LogP) is 3.23. The van der Waals surface area contributed by atoms with Crippen LogP contribution < -0.4 is 5.32 Å². The number of hydrogen-bond acceptors (Lipinski definition) is 3. The average Bonchev–Trinajstić information content (AvgIpc) is 2.87. The van der Waals surface area contributed by atoms with Gasteiger partial charge in [-0.2, -0.15) is 0 Å². The molecule has 5 nitrogen and oxygen atoms in total. The zero-order valence-corrected chi connectivity index (χ0v) is 16.0. The molecule has 1 heterocycles. The van der Waals surface area contributed by atoms with Crippen molar-refractivity contribution in [2.24, 2.45) is 0 Å². The van der Waals surface area contributed by atoms with Gasteiger partial charge in [-0.15, -0.1) is 11.8 Å². The molecular formula is C18H26FN3O2S. The molecule has 1 aromatic carbocycles. The fourth-order valence-corrected chi connectivity index (χ4v) is 3.87. The van der Waals surface area contributed by atoms with Crippen molar-refractivity contribution in [3.05, 3.63) is 35.6 Å². The lowest BCUT2D eigenvalue weighted by Crippen LogP contribution is -2.50. The monoisotopic (exact) mass is 367 g/mol. The van der Waals surface area contributed by atoms with E-state index < -0.39 is 0 Å². The third-order valence-corrected chi connectivity index (χ3v) is 5.12. The molecule has 1 saturated heterocycles. The first-order chi connectivity index (χ1) is 11.7. The number of likely N-dealkylation sites (N-methyl/N-ethyl adjacent to an activating group) is 1. The number of carbonyl (C=O) groups is 2. The molecule has 2 rings (SSSR count). The normalized spacial score (nSPS) is 17.7. The summed E-state index contributed by atoms with van der Waals surface area (Å²) in [6.07, 6.45) is 0. The van der Waals surface area contributed by atoms with Gasteiger partial charge >= 0.3 is 6.03 Å². The van der Waals surface area contributed by atoms with Crippen LogP contribution in [0, 0.1) is 5.82 Å². The maximum absolute atomic E-state index is 13.5. The lowest BCUT2D eigenvalue weighted by atomic mass is 10.1. The summed E-state index contributed by atoms with van der Waals surface area (Å²) in [6, 6.07) is 6.20. The van der Waals surface area contributed by atoms with E-state index in [2.05, 4.69) is 5.32 Å². The van der Waals surface area contributed by atoms with Gasteiger partial charge in [0.25, 0.3) is 0 Å². The Bertz CT molecular complexity index is 633. The van der Waals surface area contributed by atoms with E-state index >= 15 is 0 Å². The van der Waals surface area contributed by atoms with E-state index in [1.54, 1.807) is 15.9 Å². The zero-order chi connectivity index (χ0) is 18.6. The summed E-state index contributed by atoms with van der Waals surface area (Å²) < 4.78 is 13.5. The largest absolute Gasteiger partial charge is 0.333 e. The highest BCUT2D eigenvalue weighted by molar-refractivity contribution is 8.00. The molecule has 0 bridgehead atoms. The number of carbonyl (C=O) groups excluding carboxylic acids is 2. The van der Waals surface area contributed by atoms with Gasteiger partial charge in [-0.25, -0.2) is 9.18 Å². The van der Waals surface area contributed by atoms with Crippen molar-refractivity contribution in [2.45, 2.75) is 38.6 Å². The fourth-order valence-electron chi connectivity index (χ4n) is 2.66. The van der Waals surface area contributed by atoms with Crippen molar-refractivity contribution in [3.63, 3.8) is 0 Å². The van der Waals surface area contributed by atoms with Gasteiger partial charge in [0.2, 0.25) is 5.91 Å². The van der Waals surface area contributed by atoms with Crippen molar-refractivity contribution in [2.75, 3.05) is 25.4 Å². The molecule has 138 valence electrons. The van der Waals surface area contributed by atoms with Crippen LogP contribution in [0.3, 0.4) is 0 Å². The first kappa shape index (κ1) is 19.6. The summed E-state index contributed by atoms with van der Waals surface area (Å²) in [4.78, 5) is 28.0. The molecule has 0 spiro atoms. The minimum atomic E-state index is -0.312. The Morgan fingerprint density at radius 2 is 2.16 bits per heavy atom. The van der Waals surface area contributed by atoms with E-state index in [1.165, 1.54) is 23.9 Å². The highest BCUT2D eigenvalue weighted by Crippen LogP contribution is 2.38. The molecule has 0 aromatic heterocycles. The van der Waals surface area contributed by atoms with E-state index in [0.717, 1.165) is 5.56 Å². The molecule has 0 radical (unpaired) electrons. The second-order valence-electron chi connectivity index (χ2n) is 7.07. The Morgan fingerprint density at radius 1 is 1.44 bits per heavy atom. The van der Waals surface area contributed by atoms with Crippen molar-refractivity contribution < 1.29 is 14.0 Å². The predicted molar refractivity (Wildman–Crippen MR) is 98.8 cm³/mol. The van der Waals surface area contributed by atoms with Crippen LogP contribution in [0.25, 0.3) is 0 Å². The second kappa shape index (κ2) is 8.08. The van der Waals surface area contributed by atoms with E-state index in [1.807, 2.05) is 33.8 Å². The van der Waals surface area contributed by atoms with Crippen LogP contribution in [-0.4, -0.2) is 52.7 Å². The lowest BCUT2D eigenvalue weighted by Gasteiger charge is -2.30. The van der Waals surface area contributed by atoms with Gasteiger partial charge in [-0.05, 0) is 45.4 Å². The highest BCUT2D eigenvalue weighted by Gasteiger charge is 2.33. The van der Waals surface area contributed by atoms with Gasteiger partial charge in [0.05, 0.1) is 5.75 Å². The number of amides is 3. The fraction of sp³-hybridized carbons (Fsp3) is 0.556. The Balaban J connectivity index is 2.03. The van der Waals surface area contributed by atoms with Gasteiger partial charge in [-0.1, -0.05) is 12.1 Å². The molecule has 1 atom stereocenters. The Morgan fingerprint density at radius 3 is 2.76 bits per heavy atom. The summed E-state index contributed by atoms with van der Waals surface area (Å²) in [5, 5.41) is 2.73. The molecule has 25 heavy (non-hydrogen) atoms. The zero-order valence-electron chi connectivity index (χ0n) is 15.2. The van der Waals surface area contributed by atoms with Crippen LogP contribution in [0.1, 0.15) is 38.6 Å². The van der Waals surface area contributed by atoms with Crippen LogP contribution in [0.15, 0.2) is 24.3 Å². The maximum atomic E-state index is 13.5. The van der Waals surface area contributed by atoms with Gasteiger partial charge in [0.15, 0.2) is 0 Å². The molecule has 0 aliphatic carbocycles. The number of urea groups is 1. The average molecular weight is 367 g/mol. The van der Waals surface area contributed by atoms with Crippen molar-refractivity contribution >= 4 is 23.7 Å². The third-order valence-electron chi connectivity index (χ3n) is 3.86. The maximum Gasteiger partial charge on any atom is 0.317 e. The number of nitrogens with zero attached hydrogens (tertiary/aromatic N) is 2. The SMILES string of the molecule is CCN(CCN1C(=O)CS[C@@H]1c1cccc(F)c1)C(=O)NC(C)(C)C. The number of rotatable bonds is 5. The van der Waals surface area contributed by atoms with Crippen molar-refractivity contribution in [1.82, 2.24) is 15.1 Å². The summed E-state index contributed by atoms with van der Waals surface area (Å²) in [7, 11) is 0. The molecule has 0 unspecified atom stereocenters. The molecule has 1 aliphatic heterocycles. The Labute approximate surface area is 152 Å². The first-order valence-corrected chi connectivity index (χ1v) is 9.50. The number of thioether (sulfide) groups is 1. The number of benzene rings is 1. The molecule has 3 amide bonds. The quantitative estimate of drug-likeness (QED) is 0.869. The smallest absolute Gasteiger partial charge is 0.317 e. The van der Waals surface area contributed by atoms with Crippen LogP contribution in [0.4, 0.5) is 9.18 Å². The molecule has 1 aromatic rings. The van der Waals surface area contributed by atoms with Crippen LogP contribution in [0.5, 0.6) is 0 Å². The molecule has 7 heteroatoms. The number of nitrogens with one attached hydrogen (secondary N) is 1. The van der Waals surface area contributed by atoms with Gasteiger partial charge in [-0.3, -0.25) is 4.79 Å². The van der Waals surface area contributed by atoms with Crippen LogP contribution in [-0.2, 0) is 4.79 Å². The van der Waals surface area contributed by atoms with E-state index in [4.69, 9.17) is 0 Å². The van der Waals surface area contributed by atoms with Crippen molar-refractivity contribution in [3.8, 4) is 0 Å². The lowest BCUT2D eigenvalue weighted by molar-refractivity contribution is -0.128. The Hall–Kier alpha value is -1.76. The van der Waals surface area contributed by atoms with E-state index in [0.29, 0.717) is 25.4 Å². The van der Waals surface area contributed by atoms with Crippen LogP contribution >= 0.6 is 11.8 Å². The molecule has 1 aliphatic rings. The summed E-state index contributed by atoms with van der Waals surface area (Å²) >= 11 is 1.49. The minimum Gasteiger partial charge on any atom is -0.333 e. The van der Waals surface area contributed by atoms with Gasteiger partial charge < -0.3 is 15.1 Å². The standard InChI is InChI=1S/C18H26FN3O2S/c1-5-21(17(24)20-18(2,3)4)9-10-22-15(23)12-25-16(22)13-7-6-8-14(19)11-13/h6-8,11,16H,5,9-10,12H2,1-4H3,(H,20,24)/t16-/m1/s1. The minimum absolute atomic E-state index is 0.0199. The second-order valence-corrected chi connectivity index (χ2v) is 8.13. The number of hydrogen-bond donors (Lipinski definition) is 1. The molecule has 1 fully saturated rings. The van der Waals surface area contributed by atoms with Gasteiger partial charge in [0.1, 0.15) is 11.2 Å². The summed E-state index contributed by atoms with van der Waals surface area (Å²) in [6.45, 7) is 9.13. The Kier molecular flexibility index (Phi) is 6.32. The molecule has 0 saturated carbocycles. The van der Waals surface area contributed by atoms with E-state index in [9.17, 15) is 14.0 Å². The highest BCUT2D eigenvalue weighted by atomic mass is 32.2. The van der Waals surface area contributed by atoms with E-state index in [-0.39, 0.29) is 28.7 Å². The van der Waals surface area contributed by atoms with Crippen LogP contribution in [0.2, 0.25) is 0 Å². The third kappa shape index (κ3) is 5.36. The summed E-state index contributed by atoms with van der Waals surface area (Å²) in [5.41, 5.74) is 0.464. The number of halogens is 1. The molecule has 1 N–H and O–H groups in total. The topological polar surface area (TPSA) is 52.7 Å². The van der Waals surface area contributed by atoms with Crippen molar-refractivity contribution in [1.29, 1.82) is 0 Å².